The molecule has 0 bridgehead atoms. The summed E-state index contributed by atoms with van der Waals surface area (Å²) in [6.45, 7) is 0.851. The lowest BCUT2D eigenvalue weighted by Gasteiger charge is -2.26. The van der Waals surface area contributed by atoms with Crippen LogP contribution in [0, 0.1) is 11.8 Å². The summed E-state index contributed by atoms with van der Waals surface area (Å²) in [5.74, 6) is 2.77. The van der Waals surface area contributed by atoms with Gasteiger partial charge in [-0.3, -0.25) is 4.98 Å². The van der Waals surface area contributed by atoms with E-state index >= 15 is 0 Å². The predicted octanol–water partition coefficient (Wildman–Crippen LogP) is 3.67. The van der Waals surface area contributed by atoms with Crippen molar-refractivity contribution < 1.29 is 27.8 Å². The Labute approximate surface area is 153 Å². The molecule has 0 amide bonds. The number of halogens is 3. The highest BCUT2D eigenvalue weighted by Crippen LogP contribution is 2.34. The minimum absolute atomic E-state index is 0.0141. The molecule has 1 atom stereocenters. The molecule has 3 rings (SSSR count). The summed E-state index contributed by atoms with van der Waals surface area (Å²) in [4.78, 5) is 15.2. The number of aromatic nitrogens is 1. The average Bonchev–Trinajstić information content (AvgIpc) is 2.64. The van der Waals surface area contributed by atoms with E-state index in [-0.39, 0.29) is 17.0 Å². The molecule has 1 unspecified atom stereocenters. The van der Waals surface area contributed by atoms with Crippen molar-refractivity contribution in [3.8, 4) is 17.6 Å². The predicted molar refractivity (Wildman–Crippen MR) is 91.9 cm³/mol. The number of hydrogen-bond donors (Lipinski definition) is 2. The highest BCUT2D eigenvalue weighted by atomic mass is 19.4. The van der Waals surface area contributed by atoms with Gasteiger partial charge in [0.15, 0.2) is 0 Å². The van der Waals surface area contributed by atoms with Crippen LogP contribution in [0.1, 0.15) is 33.8 Å². The number of ether oxygens (including phenoxy) is 1. The standard InChI is InChI=1S/C19H15F3N2O3/c20-19(21,22)6-3-12-1-2-14-13(5-8-27-17(14)9-12)10-24-16-11-23-7-4-15(16)18(25)26/h1-2,4,7,9,11,13,24H,5,8,10H2,(H,25,26). The summed E-state index contributed by atoms with van der Waals surface area (Å²) in [5, 5.41) is 12.3. The van der Waals surface area contributed by atoms with Gasteiger partial charge in [0.1, 0.15) is 5.75 Å². The zero-order chi connectivity index (χ0) is 19.4. The van der Waals surface area contributed by atoms with Crippen LogP contribution in [0.4, 0.5) is 18.9 Å². The Hall–Kier alpha value is -3.21. The fourth-order valence-electron chi connectivity index (χ4n) is 2.85. The van der Waals surface area contributed by atoms with E-state index in [9.17, 15) is 23.1 Å². The maximum Gasteiger partial charge on any atom is 0.458 e. The molecule has 0 aliphatic carbocycles. The summed E-state index contributed by atoms with van der Waals surface area (Å²) < 4.78 is 42.3. The summed E-state index contributed by atoms with van der Waals surface area (Å²) in [6.07, 6.45) is -1.01. The Bertz CT molecular complexity index is 916. The van der Waals surface area contributed by atoms with Crippen molar-refractivity contribution in [1.29, 1.82) is 0 Å². The molecular weight excluding hydrogens is 361 g/mol. The first-order chi connectivity index (χ1) is 12.8. The molecule has 0 fully saturated rings. The number of nitrogens with one attached hydrogen (secondary N) is 1. The summed E-state index contributed by atoms with van der Waals surface area (Å²) in [5.41, 5.74) is 1.59. The molecule has 1 aliphatic rings. The van der Waals surface area contributed by atoms with E-state index in [0.29, 0.717) is 31.0 Å². The van der Waals surface area contributed by atoms with Gasteiger partial charge in [-0.2, -0.15) is 13.2 Å². The molecule has 2 N–H and O–H groups in total. The molecule has 0 spiro atoms. The van der Waals surface area contributed by atoms with E-state index in [1.807, 2.05) is 0 Å². The Morgan fingerprint density at radius 3 is 2.93 bits per heavy atom. The quantitative estimate of drug-likeness (QED) is 0.797. The Morgan fingerprint density at radius 1 is 1.37 bits per heavy atom. The van der Waals surface area contributed by atoms with Gasteiger partial charge in [0, 0.05) is 30.1 Å². The third-order valence-corrected chi connectivity index (χ3v) is 4.12. The second-order valence-electron chi connectivity index (χ2n) is 5.94. The molecule has 5 nitrogen and oxygen atoms in total. The number of fused-ring (bicyclic) bond motifs is 1. The average molecular weight is 376 g/mol. The van der Waals surface area contributed by atoms with Crippen LogP contribution in [-0.4, -0.2) is 35.4 Å². The third kappa shape index (κ3) is 4.70. The smallest absolute Gasteiger partial charge is 0.458 e. The van der Waals surface area contributed by atoms with Crippen LogP contribution >= 0.6 is 0 Å². The number of rotatable bonds is 4. The molecule has 1 aliphatic heterocycles. The van der Waals surface area contributed by atoms with Crippen LogP contribution in [-0.2, 0) is 0 Å². The van der Waals surface area contributed by atoms with Crippen molar-refractivity contribution in [3.05, 3.63) is 53.3 Å². The number of aromatic carboxylic acids is 1. The van der Waals surface area contributed by atoms with Gasteiger partial charge in [-0.25, -0.2) is 4.79 Å². The van der Waals surface area contributed by atoms with Gasteiger partial charge >= 0.3 is 12.1 Å². The number of carboxylic acid groups (broad SMARTS) is 1. The maximum atomic E-state index is 12.2. The minimum atomic E-state index is -4.55. The first-order valence-electron chi connectivity index (χ1n) is 8.11. The SMILES string of the molecule is O=C(O)c1ccncc1NCC1CCOc2cc(C#CC(F)(F)F)ccc21. The van der Waals surface area contributed by atoms with E-state index in [1.165, 1.54) is 36.5 Å². The topological polar surface area (TPSA) is 71.5 Å². The lowest BCUT2D eigenvalue weighted by Crippen LogP contribution is -2.21. The van der Waals surface area contributed by atoms with E-state index in [4.69, 9.17) is 4.74 Å². The number of benzene rings is 1. The van der Waals surface area contributed by atoms with Gasteiger partial charge in [0.05, 0.1) is 24.1 Å². The second-order valence-corrected chi connectivity index (χ2v) is 5.94. The molecule has 2 heterocycles. The molecule has 27 heavy (non-hydrogen) atoms. The van der Waals surface area contributed by atoms with Crippen LogP contribution in [0.5, 0.6) is 5.75 Å². The molecular formula is C19H15F3N2O3. The van der Waals surface area contributed by atoms with Gasteiger partial charge in [-0.15, -0.1) is 0 Å². The van der Waals surface area contributed by atoms with Gasteiger partial charge in [-0.05, 0) is 30.2 Å². The Kier molecular flexibility index (Phi) is 5.21. The monoisotopic (exact) mass is 376 g/mol. The second kappa shape index (κ2) is 7.58. The van der Waals surface area contributed by atoms with Crippen molar-refractivity contribution in [2.45, 2.75) is 18.5 Å². The minimum Gasteiger partial charge on any atom is -0.493 e. The van der Waals surface area contributed by atoms with E-state index in [0.717, 1.165) is 5.56 Å². The summed E-state index contributed by atoms with van der Waals surface area (Å²) in [7, 11) is 0. The number of alkyl halides is 3. The number of pyridine rings is 1. The molecule has 0 saturated carbocycles. The lowest BCUT2D eigenvalue weighted by molar-refractivity contribution is -0.0696. The van der Waals surface area contributed by atoms with Crippen molar-refractivity contribution in [1.82, 2.24) is 4.98 Å². The Balaban J connectivity index is 1.77. The first-order valence-corrected chi connectivity index (χ1v) is 8.11. The number of carboxylic acids is 1. The molecule has 1 aromatic heterocycles. The Morgan fingerprint density at radius 2 is 2.19 bits per heavy atom. The fourth-order valence-corrected chi connectivity index (χ4v) is 2.85. The number of hydrogen-bond acceptors (Lipinski definition) is 4. The van der Waals surface area contributed by atoms with Gasteiger partial charge in [0.25, 0.3) is 0 Å². The van der Waals surface area contributed by atoms with Crippen molar-refractivity contribution in [3.63, 3.8) is 0 Å². The largest absolute Gasteiger partial charge is 0.493 e. The molecule has 2 aromatic rings. The van der Waals surface area contributed by atoms with Crippen molar-refractivity contribution >= 4 is 11.7 Å². The molecule has 0 saturated heterocycles. The zero-order valence-electron chi connectivity index (χ0n) is 14.0. The summed E-state index contributed by atoms with van der Waals surface area (Å²) in [6, 6.07) is 6.12. The zero-order valence-corrected chi connectivity index (χ0v) is 14.0. The third-order valence-electron chi connectivity index (χ3n) is 4.12. The molecule has 8 heteroatoms. The molecule has 140 valence electrons. The van der Waals surface area contributed by atoms with E-state index in [2.05, 4.69) is 16.2 Å². The number of anilines is 1. The van der Waals surface area contributed by atoms with Crippen LogP contribution in [0.3, 0.4) is 0 Å². The highest BCUT2D eigenvalue weighted by Gasteiger charge is 2.24. The summed E-state index contributed by atoms with van der Waals surface area (Å²) >= 11 is 0. The number of carbonyl (C=O) groups is 1. The van der Waals surface area contributed by atoms with Gasteiger partial charge < -0.3 is 15.2 Å². The van der Waals surface area contributed by atoms with Crippen molar-refractivity contribution in [2.24, 2.45) is 0 Å². The lowest BCUT2D eigenvalue weighted by atomic mass is 9.92. The van der Waals surface area contributed by atoms with Crippen LogP contribution < -0.4 is 10.1 Å². The fraction of sp³-hybridized carbons (Fsp3) is 0.263. The maximum absolute atomic E-state index is 12.2. The van der Waals surface area contributed by atoms with Crippen LogP contribution in [0.25, 0.3) is 0 Å². The van der Waals surface area contributed by atoms with Crippen LogP contribution in [0.15, 0.2) is 36.7 Å². The van der Waals surface area contributed by atoms with Crippen molar-refractivity contribution in [2.75, 3.05) is 18.5 Å². The van der Waals surface area contributed by atoms with Gasteiger partial charge in [0.2, 0.25) is 0 Å². The van der Waals surface area contributed by atoms with Gasteiger partial charge in [-0.1, -0.05) is 12.0 Å². The van der Waals surface area contributed by atoms with Crippen LogP contribution in [0.2, 0.25) is 0 Å². The van der Waals surface area contributed by atoms with E-state index < -0.39 is 12.1 Å². The highest BCUT2D eigenvalue weighted by molar-refractivity contribution is 5.93. The molecule has 1 aromatic carbocycles. The first kappa shape index (κ1) is 18.6. The number of nitrogens with zero attached hydrogens (tertiary/aromatic N) is 1. The van der Waals surface area contributed by atoms with E-state index in [1.54, 1.807) is 6.07 Å². The normalized spacial score (nSPS) is 15.7. The molecule has 0 radical (unpaired) electrons.